The largest absolute Gasteiger partial charge is 0.497 e. The van der Waals surface area contributed by atoms with Crippen LogP contribution >= 0.6 is 0 Å². The number of carbonyl (C=O) groups excluding carboxylic acids is 2. The van der Waals surface area contributed by atoms with Crippen molar-refractivity contribution in [1.82, 2.24) is 5.32 Å². The van der Waals surface area contributed by atoms with Gasteiger partial charge in [0.15, 0.2) is 0 Å². The molecule has 21 heavy (non-hydrogen) atoms. The normalized spacial score (nSPS) is 15.1. The van der Waals surface area contributed by atoms with E-state index < -0.39 is 10.8 Å². The third kappa shape index (κ3) is 5.55. The minimum absolute atomic E-state index is 0.132. The fourth-order valence-electron chi connectivity index (χ4n) is 1.71. The van der Waals surface area contributed by atoms with E-state index in [1.54, 1.807) is 31.4 Å². The molecule has 7 heteroatoms. The van der Waals surface area contributed by atoms with E-state index in [4.69, 9.17) is 4.74 Å². The average molecular weight is 310 g/mol. The monoisotopic (exact) mass is 310 g/mol. The Morgan fingerprint density at radius 3 is 2.38 bits per heavy atom. The molecule has 1 fully saturated rings. The van der Waals surface area contributed by atoms with Crippen LogP contribution in [0.25, 0.3) is 0 Å². The number of hydrogen-bond acceptors (Lipinski definition) is 4. The fourth-order valence-corrected chi connectivity index (χ4v) is 2.55. The lowest BCUT2D eigenvalue weighted by Gasteiger charge is -2.06. The van der Waals surface area contributed by atoms with Crippen LogP contribution in [0.2, 0.25) is 0 Å². The van der Waals surface area contributed by atoms with E-state index in [2.05, 4.69) is 10.6 Å². The third-order valence-corrected chi connectivity index (χ3v) is 4.07. The van der Waals surface area contributed by atoms with Crippen molar-refractivity contribution in [2.24, 2.45) is 0 Å². The van der Waals surface area contributed by atoms with Crippen LogP contribution in [0.3, 0.4) is 0 Å². The molecule has 114 valence electrons. The van der Waals surface area contributed by atoms with Crippen LogP contribution < -0.4 is 15.4 Å². The zero-order valence-corrected chi connectivity index (χ0v) is 12.6. The summed E-state index contributed by atoms with van der Waals surface area (Å²) in [6.07, 6.45) is 1.96. The van der Waals surface area contributed by atoms with Crippen molar-refractivity contribution in [3.8, 4) is 5.75 Å². The van der Waals surface area contributed by atoms with Gasteiger partial charge in [-0.3, -0.25) is 13.8 Å². The predicted octanol–water partition coefficient (Wildman–Crippen LogP) is 0.661. The van der Waals surface area contributed by atoms with Gasteiger partial charge in [-0.1, -0.05) is 0 Å². The van der Waals surface area contributed by atoms with Crippen LogP contribution in [0.15, 0.2) is 24.3 Å². The zero-order chi connectivity index (χ0) is 15.2. The molecule has 2 amide bonds. The summed E-state index contributed by atoms with van der Waals surface area (Å²) in [7, 11) is 0.0617. The lowest BCUT2D eigenvalue weighted by atomic mass is 10.3. The number of rotatable bonds is 7. The van der Waals surface area contributed by atoms with Gasteiger partial charge in [-0.05, 0) is 37.1 Å². The van der Waals surface area contributed by atoms with Gasteiger partial charge in [-0.15, -0.1) is 0 Å². The number of carbonyl (C=O) groups is 2. The molecule has 1 aliphatic carbocycles. The van der Waals surface area contributed by atoms with E-state index in [0.29, 0.717) is 11.4 Å². The first-order valence-electron chi connectivity index (χ1n) is 6.65. The summed E-state index contributed by atoms with van der Waals surface area (Å²) < 4.78 is 16.7. The van der Waals surface area contributed by atoms with Crippen molar-refractivity contribution in [1.29, 1.82) is 0 Å². The van der Waals surface area contributed by atoms with Gasteiger partial charge >= 0.3 is 0 Å². The summed E-state index contributed by atoms with van der Waals surface area (Å²) >= 11 is 0. The summed E-state index contributed by atoms with van der Waals surface area (Å²) in [5, 5.41) is 5.37. The molecule has 0 saturated heterocycles. The maximum Gasteiger partial charge on any atom is 0.237 e. The van der Waals surface area contributed by atoms with Gasteiger partial charge in [0.1, 0.15) is 17.3 Å². The van der Waals surface area contributed by atoms with Crippen molar-refractivity contribution in [3.63, 3.8) is 0 Å². The molecular formula is C14H18N2O4S. The number of ether oxygens (including phenoxy) is 1. The maximum atomic E-state index is 11.7. The second kappa shape index (κ2) is 7.21. The van der Waals surface area contributed by atoms with Crippen LogP contribution in [0.1, 0.15) is 12.8 Å². The molecule has 0 unspecified atom stereocenters. The average Bonchev–Trinajstić information content (AvgIpc) is 3.22. The molecule has 1 aliphatic rings. The number of amides is 2. The Hall–Kier alpha value is -1.89. The van der Waals surface area contributed by atoms with Crippen molar-refractivity contribution in [3.05, 3.63) is 24.3 Å². The molecule has 1 aromatic rings. The van der Waals surface area contributed by atoms with E-state index in [1.807, 2.05) is 0 Å². The highest BCUT2D eigenvalue weighted by atomic mass is 32.2. The van der Waals surface area contributed by atoms with Gasteiger partial charge in [0, 0.05) is 22.5 Å². The predicted molar refractivity (Wildman–Crippen MR) is 80.7 cm³/mol. The Bertz CT molecular complexity index is 540. The molecule has 0 aromatic heterocycles. The Kier molecular flexibility index (Phi) is 5.32. The standard InChI is InChI=1S/C14H18N2O4S/c1-20-12-6-4-11(5-7-12)16-14(18)9-21(19)8-13(17)15-10-2-3-10/h4-7,10H,2-3,8-9H2,1H3,(H,15,17)(H,16,18)/t21-/m0/s1. The molecule has 1 atom stereocenters. The molecule has 1 saturated carbocycles. The second-order valence-electron chi connectivity index (χ2n) is 4.85. The zero-order valence-electron chi connectivity index (χ0n) is 11.8. The molecule has 0 aliphatic heterocycles. The first-order chi connectivity index (χ1) is 10.1. The number of benzene rings is 1. The molecule has 0 radical (unpaired) electrons. The van der Waals surface area contributed by atoms with Crippen molar-refractivity contribution in [2.75, 3.05) is 23.9 Å². The van der Waals surface area contributed by atoms with Gasteiger partial charge in [0.2, 0.25) is 11.8 Å². The van der Waals surface area contributed by atoms with Crippen LogP contribution in [-0.2, 0) is 20.4 Å². The highest BCUT2D eigenvalue weighted by molar-refractivity contribution is 7.86. The maximum absolute atomic E-state index is 11.7. The van der Waals surface area contributed by atoms with E-state index in [1.165, 1.54) is 0 Å². The molecule has 6 nitrogen and oxygen atoms in total. The fraction of sp³-hybridized carbons (Fsp3) is 0.429. The lowest BCUT2D eigenvalue weighted by Crippen LogP contribution is -2.32. The van der Waals surface area contributed by atoms with Gasteiger partial charge in [0.25, 0.3) is 0 Å². The van der Waals surface area contributed by atoms with Crippen molar-refractivity contribution < 1.29 is 18.5 Å². The van der Waals surface area contributed by atoms with Gasteiger partial charge in [0.05, 0.1) is 7.11 Å². The smallest absolute Gasteiger partial charge is 0.237 e. The summed E-state index contributed by atoms with van der Waals surface area (Å²) in [6, 6.07) is 7.06. The summed E-state index contributed by atoms with van der Waals surface area (Å²) in [5.41, 5.74) is 0.597. The Labute approximate surface area is 125 Å². The van der Waals surface area contributed by atoms with Crippen LogP contribution in [0.5, 0.6) is 5.75 Å². The summed E-state index contributed by atoms with van der Waals surface area (Å²) in [6.45, 7) is 0. The van der Waals surface area contributed by atoms with Crippen LogP contribution in [0, 0.1) is 0 Å². The quantitative estimate of drug-likeness (QED) is 0.775. The molecule has 1 aromatic carbocycles. The number of nitrogens with one attached hydrogen (secondary N) is 2. The lowest BCUT2D eigenvalue weighted by molar-refractivity contribution is -0.118. The van der Waals surface area contributed by atoms with Crippen LogP contribution in [-0.4, -0.2) is 40.7 Å². The summed E-state index contributed by atoms with van der Waals surface area (Å²) in [4.78, 5) is 23.2. The molecular weight excluding hydrogens is 292 g/mol. The van der Waals surface area contributed by atoms with E-state index in [-0.39, 0.29) is 29.4 Å². The van der Waals surface area contributed by atoms with E-state index in [0.717, 1.165) is 12.8 Å². The molecule has 2 N–H and O–H groups in total. The first-order valence-corrected chi connectivity index (χ1v) is 8.14. The molecule has 0 heterocycles. The molecule has 0 spiro atoms. The van der Waals surface area contributed by atoms with E-state index >= 15 is 0 Å². The summed E-state index contributed by atoms with van der Waals surface area (Å²) in [5.74, 6) is -0.268. The number of hydrogen-bond donors (Lipinski definition) is 2. The van der Waals surface area contributed by atoms with Crippen molar-refractivity contribution in [2.45, 2.75) is 18.9 Å². The topological polar surface area (TPSA) is 84.5 Å². The number of anilines is 1. The Morgan fingerprint density at radius 2 is 1.81 bits per heavy atom. The highest BCUT2D eigenvalue weighted by Crippen LogP contribution is 2.18. The van der Waals surface area contributed by atoms with Crippen molar-refractivity contribution >= 4 is 28.3 Å². The van der Waals surface area contributed by atoms with Gasteiger partial charge in [-0.25, -0.2) is 0 Å². The van der Waals surface area contributed by atoms with Gasteiger partial charge < -0.3 is 15.4 Å². The van der Waals surface area contributed by atoms with Crippen LogP contribution in [0.4, 0.5) is 5.69 Å². The van der Waals surface area contributed by atoms with Gasteiger partial charge in [-0.2, -0.15) is 0 Å². The SMILES string of the molecule is COc1ccc(NC(=O)C[S@@](=O)CC(=O)NC2CC2)cc1. The highest BCUT2D eigenvalue weighted by Gasteiger charge is 2.24. The second-order valence-corrected chi connectivity index (χ2v) is 6.30. The third-order valence-electron chi connectivity index (χ3n) is 2.90. The minimum atomic E-state index is -1.50. The molecule has 0 bridgehead atoms. The Morgan fingerprint density at radius 1 is 1.19 bits per heavy atom. The number of methoxy groups -OCH3 is 1. The Balaban J connectivity index is 1.74. The molecule has 2 rings (SSSR count). The van der Waals surface area contributed by atoms with E-state index in [9.17, 15) is 13.8 Å². The first kappa shape index (κ1) is 15.5. The minimum Gasteiger partial charge on any atom is -0.497 e.